The first-order valence-electron chi connectivity index (χ1n) is 3.75. The zero-order valence-electron chi connectivity index (χ0n) is 6.73. The molecular weight excluding hydrogens is 164 g/mol. The van der Waals surface area contributed by atoms with E-state index < -0.39 is 0 Å². The third kappa shape index (κ3) is 1.40. The zero-order chi connectivity index (χ0) is 9.10. The number of hydrogen-bond donors (Lipinski definition) is 1. The fourth-order valence-electron chi connectivity index (χ4n) is 1.07. The van der Waals surface area contributed by atoms with Crippen molar-refractivity contribution in [2.75, 3.05) is 0 Å². The van der Waals surface area contributed by atoms with Crippen molar-refractivity contribution in [3.8, 4) is 6.07 Å². The summed E-state index contributed by atoms with van der Waals surface area (Å²) in [5, 5.41) is 16.0. The van der Waals surface area contributed by atoms with Crippen molar-refractivity contribution in [1.29, 1.82) is 5.26 Å². The van der Waals surface area contributed by atoms with Crippen molar-refractivity contribution in [2.45, 2.75) is 0 Å². The molecule has 0 aliphatic heterocycles. The largest absolute Gasteiger partial charge is 0.276 e. The Kier molecular flexibility index (Phi) is 1.77. The van der Waals surface area contributed by atoms with Gasteiger partial charge in [0.2, 0.25) is 0 Å². The molecule has 0 bridgehead atoms. The number of fused-ring (bicyclic) bond motifs is 1. The monoisotopic (exact) mass is 170 g/mol. The quantitative estimate of drug-likeness (QED) is 0.659. The van der Waals surface area contributed by atoms with Crippen molar-refractivity contribution < 1.29 is 0 Å². The Morgan fingerprint density at radius 1 is 1.46 bits per heavy atom. The Morgan fingerprint density at radius 3 is 3.23 bits per heavy atom. The molecule has 0 aromatic carbocycles. The maximum atomic E-state index is 8.32. The highest BCUT2D eigenvalue weighted by Gasteiger charge is 1.95. The number of aromatic amines is 1. The van der Waals surface area contributed by atoms with Crippen LogP contribution in [0.3, 0.4) is 0 Å². The van der Waals surface area contributed by atoms with E-state index in [4.69, 9.17) is 5.26 Å². The summed E-state index contributed by atoms with van der Waals surface area (Å²) in [5.74, 6) is 0. The van der Waals surface area contributed by atoms with E-state index in [0.29, 0.717) is 0 Å². The lowest BCUT2D eigenvalue weighted by molar-refractivity contribution is 1.11. The minimum absolute atomic E-state index is 0.760. The van der Waals surface area contributed by atoms with E-state index in [1.54, 1.807) is 18.5 Å². The van der Waals surface area contributed by atoms with Crippen molar-refractivity contribution in [3.05, 3.63) is 30.2 Å². The summed E-state index contributed by atoms with van der Waals surface area (Å²) in [7, 11) is 0. The molecule has 0 aliphatic carbocycles. The van der Waals surface area contributed by atoms with Crippen LogP contribution in [0.4, 0.5) is 0 Å². The molecule has 0 spiro atoms. The second-order valence-electron chi connectivity index (χ2n) is 2.53. The van der Waals surface area contributed by atoms with Gasteiger partial charge in [0.25, 0.3) is 0 Å². The summed E-state index contributed by atoms with van der Waals surface area (Å²) in [6, 6.07) is 3.78. The number of rotatable bonds is 1. The molecule has 0 saturated heterocycles. The minimum Gasteiger partial charge on any atom is -0.276 e. The number of nitriles is 1. The van der Waals surface area contributed by atoms with Crippen LogP contribution < -0.4 is 0 Å². The third-order valence-electron chi connectivity index (χ3n) is 1.67. The Hall–Kier alpha value is -2.15. The highest BCUT2D eigenvalue weighted by Crippen LogP contribution is 2.10. The SMILES string of the molecule is N#CC=Cc1cc2cn[nH]c2cn1. The molecule has 13 heavy (non-hydrogen) atoms. The lowest BCUT2D eigenvalue weighted by Gasteiger charge is -1.90. The van der Waals surface area contributed by atoms with E-state index in [9.17, 15) is 0 Å². The second-order valence-corrected chi connectivity index (χ2v) is 2.53. The van der Waals surface area contributed by atoms with Gasteiger partial charge in [-0.05, 0) is 12.1 Å². The maximum Gasteiger partial charge on any atom is 0.0912 e. The lowest BCUT2D eigenvalue weighted by atomic mass is 10.2. The number of nitrogens with one attached hydrogen (secondary N) is 1. The zero-order valence-corrected chi connectivity index (χ0v) is 6.73. The van der Waals surface area contributed by atoms with Crippen LogP contribution in [0.15, 0.2) is 24.5 Å². The van der Waals surface area contributed by atoms with E-state index in [2.05, 4.69) is 15.2 Å². The van der Waals surface area contributed by atoms with E-state index in [1.165, 1.54) is 6.08 Å². The maximum absolute atomic E-state index is 8.32. The van der Waals surface area contributed by atoms with Gasteiger partial charge < -0.3 is 0 Å². The molecule has 4 heteroatoms. The van der Waals surface area contributed by atoms with E-state index in [-0.39, 0.29) is 0 Å². The first-order valence-corrected chi connectivity index (χ1v) is 3.75. The molecule has 0 atom stereocenters. The van der Waals surface area contributed by atoms with E-state index >= 15 is 0 Å². The normalized spacial score (nSPS) is 10.7. The molecule has 0 fully saturated rings. The average Bonchev–Trinajstić information content (AvgIpc) is 2.61. The van der Waals surface area contributed by atoms with Crippen molar-refractivity contribution in [1.82, 2.24) is 15.2 Å². The molecule has 2 rings (SSSR count). The van der Waals surface area contributed by atoms with Crippen LogP contribution in [0.1, 0.15) is 5.69 Å². The Labute approximate surface area is 74.5 Å². The van der Waals surface area contributed by atoms with Crippen LogP contribution in [0.25, 0.3) is 17.0 Å². The molecule has 0 aliphatic rings. The number of H-pyrrole nitrogens is 1. The van der Waals surface area contributed by atoms with Crippen molar-refractivity contribution >= 4 is 17.0 Å². The topological polar surface area (TPSA) is 65.4 Å². The van der Waals surface area contributed by atoms with Gasteiger partial charge in [0.05, 0.1) is 29.7 Å². The van der Waals surface area contributed by atoms with Gasteiger partial charge in [0.1, 0.15) is 0 Å². The molecule has 0 unspecified atom stereocenters. The molecule has 0 saturated carbocycles. The highest BCUT2D eigenvalue weighted by atomic mass is 15.1. The van der Waals surface area contributed by atoms with Crippen LogP contribution in [0, 0.1) is 11.3 Å². The standard InChI is InChI=1S/C9H6N4/c10-3-1-2-8-4-7-5-12-13-9(7)6-11-8/h1-2,4-6H,(H,12,13). The van der Waals surface area contributed by atoms with Gasteiger partial charge in [-0.25, -0.2) is 0 Å². The van der Waals surface area contributed by atoms with Gasteiger partial charge in [-0.15, -0.1) is 0 Å². The summed E-state index contributed by atoms with van der Waals surface area (Å²) in [6.07, 6.45) is 6.47. The molecule has 4 nitrogen and oxygen atoms in total. The van der Waals surface area contributed by atoms with Crippen LogP contribution in [-0.4, -0.2) is 15.2 Å². The number of nitrogens with zero attached hydrogens (tertiary/aromatic N) is 3. The molecule has 1 N–H and O–H groups in total. The molecule has 0 radical (unpaired) electrons. The third-order valence-corrected chi connectivity index (χ3v) is 1.67. The highest BCUT2D eigenvalue weighted by molar-refractivity contribution is 5.78. The fourth-order valence-corrected chi connectivity index (χ4v) is 1.07. The van der Waals surface area contributed by atoms with Gasteiger partial charge in [-0.2, -0.15) is 10.4 Å². The summed E-state index contributed by atoms with van der Waals surface area (Å²) in [6.45, 7) is 0. The van der Waals surface area contributed by atoms with Gasteiger partial charge in [-0.1, -0.05) is 0 Å². The lowest BCUT2D eigenvalue weighted by Crippen LogP contribution is -1.79. The van der Waals surface area contributed by atoms with Crippen LogP contribution >= 0.6 is 0 Å². The number of aromatic nitrogens is 3. The van der Waals surface area contributed by atoms with Crippen LogP contribution in [0.2, 0.25) is 0 Å². The second kappa shape index (κ2) is 3.07. The summed E-state index contributed by atoms with van der Waals surface area (Å²) < 4.78 is 0. The van der Waals surface area contributed by atoms with Crippen LogP contribution in [-0.2, 0) is 0 Å². The Balaban J connectivity index is 2.49. The summed E-state index contributed by atoms with van der Waals surface area (Å²) in [4.78, 5) is 4.11. The number of allylic oxidation sites excluding steroid dienone is 1. The molecule has 2 heterocycles. The smallest absolute Gasteiger partial charge is 0.0912 e. The Morgan fingerprint density at radius 2 is 2.38 bits per heavy atom. The summed E-state index contributed by atoms with van der Waals surface area (Å²) >= 11 is 0. The predicted octanol–water partition coefficient (Wildman–Crippen LogP) is 1.49. The minimum atomic E-state index is 0.760. The number of pyridine rings is 1. The van der Waals surface area contributed by atoms with Gasteiger partial charge in [-0.3, -0.25) is 10.1 Å². The van der Waals surface area contributed by atoms with Gasteiger partial charge in [0.15, 0.2) is 0 Å². The first-order chi connectivity index (χ1) is 6.40. The van der Waals surface area contributed by atoms with Crippen LogP contribution in [0.5, 0.6) is 0 Å². The van der Waals surface area contributed by atoms with E-state index in [0.717, 1.165) is 16.6 Å². The predicted molar refractivity (Wildman–Crippen MR) is 48.5 cm³/mol. The number of hydrogen-bond acceptors (Lipinski definition) is 3. The van der Waals surface area contributed by atoms with Gasteiger partial charge in [0, 0.05) is 11.5 Å². The molecular formula is C9H6N4. The Bertz CT molecular complexity index is 490. The van der Waals surface area contributed by atoms with Crippen molar-refractivity contribution in [2.24, 2.45) is 0 Å². The molecule has 2 aromatic rings. The van der Waals surface area contributed by atoms with Crippen molar-refractivity contribution in [3.63, 3.8) is 0 Å². The molecule has 62 valence electrons. The fraction of sp³-hybridized carbons (Fsp3) is 0. The van der Waals surface area contributed by atoms with E-state index in [1.807, 2.05) is 12.1 Å². The molecule has 2 aromatic heterocycles. The molecule has 0 amide bonds. The van der Waals surface area contributed by atoms with Gasteiger partial charge >= 0.3 is 0 Å². The average molecular weight is 170 g/mol. The summed E-state index contributed by atoms with van der Waals surface area (Å²) in [5.41, 5.74) is 1.66. The first kappa shape index (κ1) is 7.50.